The molecule has 3 rings (SSSR count). The second kappa shape index (κ2) is 9.00. The van der Waals surface area contributed by atoms with Gasteiger partial charge in [-0.05, 0) is 35.9 Å². The second-order valence-corrected chi connectivity index (χ2v) is 6.05. The van der Waals surface area contributed by atoms with Gasteiger partial charge in [0.15, 0.2) is 0 Å². The van der Waals surface area contributed by atoms with Gasteiger partial charge in [-0.25, -0.2) is 0 Å². The van der Waals surface area contributed by atoms with E-state index < -0.39 is 0 Å². The molecule has 1 aliphatic heterocycles. The number of para-hydroxylation sites is 1. The van der Waals surface area contributed by atoms with Crippen LogP contribution in [0.25, 0.3) is 6.08 Å². The quantitative estimate of drug-likeness (QED) is 0.827. The smallest absolute Gasteiger partial charge is 0.256 e. The SMILES string of the molecule is COc1cccc(/C=C/C(=O)Nc2ccccc2C(=O)N2CCOCC2)c1. The van der Waals surface area contributed by atoms with Crippen molar-refractivity contribution >= 4 is 23.6 Å². The molecule has 0 aliphatic carbocycles. The Labute approximate surface area is 158 Å². The third kappa shape index (κ3) is 4.95. The minimum atomic E-state index is -0.306. The van der Waals surface area contributed by atoms with Crippen molar-refractivity contribution in [2.45, 2.75) is 0 Å². The van der Waals surface area contributed by atoms with Gasteiger partial charge in [-0.3, -0.25) is 9.59 Å². The molecule has 1 N–H and O–H groups in total. The number of amides is 2. The van der Waals surface area contributed by atoms with Crippen LogP contribution in [0.1, 0.15) is 15.9 Å². The molecule has 27 heavy (non-hydrogen) atoms. The van der Waals surface area contributed by atoms with Gasteiger partial charge >= 0.3 is 0 Å². The molecule has 6 heteroatoms. The minimum absolute atomic E-state index is 0.106. The van der Waals surface area contributed by atoms with E-state index in [0.29, 0.717) is 37.6 Å². The molecule has 0 aromatic heterocycles. The maximum Gasteiger partial charge on any atom is 0.256 e. The molecular weight excluding hydrogens is 344 g/mol. The number of nitrogens with one attached hydrogen (secondary N) is 1. The number of methoxy groups -OCH3 is 1. The van der Waals surface area contributed by atoms with Crippen LogP contribution >= 0.6 is 0 Å². The minimum Gasteiger partial charge on any atom is -0.497 e. The molecular formula is C21H22N2O4. The van der Waals surface area contributed by atoms with E-state index in [9.17, 15) is 9.59 Å². The predicted molar refractivity (Wildman–Crippen MR) is 104 cm³/mol. The molecule has 0 radical (unpaired) electrons. The molecule has 0 bridgehead atoms. The van der Waals surface area contributed by atoms with Crippen molar-refractivity contribution in [3.05, 3.63) is 65.7 Å². The normalized spacial score (nSPS) is 14.2. The molecule has 140 valence electrons. The molecule has 6 nitrogen and oxygen atoms in total. The van der Waals surface area contributed by atoms with E-state index in [4.69, 9.17) is 9.47 Å². The van der Waals surface area contributed by atoms with Crippen LogP contribution in [0.4, 0.5) is 5.69 Å². The first-order valence-electron chi connectivity index (χ1n) is 8.76. The van der Waals surface area contributed by atoms with Gasteiger partial charge in [-0.15, -0.1) is 0 Å². The van der Waals surface area contributed by atoms with E-state index >= 15 is 0 Å². The lowest BCUT2D eigenvalue weighted by Crippen LogP contribution is -2.41. The van der Waals surface area contributed by atoms with E-state index in [1.165, 1.54) is 6.08 Å². The van der Waals surface area contributed by atoms with Crippen molar-refractivity contribution in [3.63, 3.8) is 0 Å². The van der Waals surface area contributed by atoms with E-state index in [1.807, 2.05) is 24.3 Å². The fourth-order valence-corrected chi connectivity index (χ4v) is 2.81. The summed E-state index contributed by atoms with van der Waals surface area (Å²) in [6.45, 7) is 2.17. The Morgan fingerprint density at radius 1 is 1.11 bits per heavy atom. The zero-order valence-corrected chi connectivity index (χ0v) is 15.2. The fraction of sp³-hybridized carbons (Fsp3) is 0.238. The molecule has 2 amide bonds. The van der Waals surface area contributed by atoms with E-state index in [2.05, 4.69) is 5.32 Å². The summed E-state index contributed by atoms with van der Waals surface area (Å²) < 4.78 is 10.5. The summed E-state index contributed by atoms with van der Waals surface area (Å²) in [4.78, 5) is 26.8. The standard InChI is InChI=1S/C21H22N2O4/c1-26-17-6-4-5-16(15-17)9-10-20(24)22-19-8-3-2-7-18(19)21(25)23-11-13-27-14-12-23/h2-10,15H,11-14H2,1H3,(H,22,24)/b10-9+. The van der Waals surface area contributed by atoms with Gasteiger partial charge in [0.2, 0.25) is 5.91 Å². The maximum absolute atomic E-state index is 12.7. The summed E-state index contributed by atoms with van der Waals surface area (Å²) in [5.74, 6) is 0.310. The number of ether oxygens (including phenoxy) is 2. The van der Waals surface area contributed by atoms with Gasteiger partial charge in [0.25, 0.3) is 5.91 Å². The second-order valence-electron chi connectivity index (χ2n) is 6.05. The van der Waals surface area contributed by atoms with Crippen LogP contribution in [0, 0.1) is 0 Å². The van der Waals surface area contributed by atoms with Crippen molar-refractivity contribution in [1.29, 1.82) is 0 Å². The third-order valence-corrected chi connectivity index (χ3v) is 4.23. The summed E-state index contributed by atoms with van der Waals surface area (Å²) in [6.07, 6.45) is 3.13. The highest BCUT2D eigenvalue weighted by molar-refractivity contribution is 6.07. The Hall–Kier alpha value is -3.12. The maximum atomic E-state index is 12.7. The molecule has 1 heterocycles. The number of benzene rings is 2. The summed E-state index contributed by atoms with van der Waals surface area (Å²) >= 11 is 0. The molecule has 1 aliphatic rings. The van der Waals surface area contributed by atoms with Crippen LogP contribution in [0.3, 0.4) is 0 Å². The van der Waals surface area contributed by atoms with Crippen molar-refractivity contribution in [2.75, 3.05) is 38.7 Å². The van der Waals surface area contributed by atoms with Crippen LogP contribution < -0.4 is 10.1 Å². The Bertz CT molecular complexity index is 842. The first kappa shape index (κ1) is 18.7. The van der Waals surface area contributed by atoms with Gasteiger partial charge in [-0.2, -0.15) is 0 Å². The Morgan fingerprint density at radius 3 is 2.67 bits per heavy atom. The molecule has 0 spiro atoms. The van der Waals surface area contributed by atoms with Crippen LogP contribution in [-0.4, -0.2) is 50.1 Å². The molecule has 1 fully saturated rings. The topological polar surface area (TPSA) is 67.9 Å². The van der Waals surface area contributed by atoms with Crippen LogP contribution in [-0.2, 0) is 9.53 Å². The van der Waals surface area contributed by atoms with E-state index in [-0.39, 0.29) is 11.8 Å². The summed E-state index contributed by atoms with van der Waals surface area (Å²) in [6, 6.07) is 14.4. The first-order valence-corrected chi connectivity index (χ1v) is 8.76. The van der Waals surface area contributed by atoms with E-state index in [0.717, 1.165) is 11.3 Å². The zero-order chi connectivity index (χ0) is 19.1. The number of nitrogens with zero attached hydrogens (tertiary/aromatic N) is 1. The highest BCUT2D eigenvalue weighted by atomic mass is 16.5. The van der Waals surface area contributed by atoms with Crippen molar-refractivity contribution < 1.29 is 19.1 Å². The molecule has 0 atom stereocenters. The Kier molecular flexibility index (Phi) is 6.22. The monoisotopic (exact) mass is 366 g/mol. The van der Waals surface area contributed by atoms with Gasteiger partial charge in [-0.1, -0.05) is 24.3 Å². The number of carbonyl (C=O) groups is 2. The van der Waals surface area contributed by atoms with Crippen molar-refractivity contribution in [2.24, 2.45) is 0 Å². The lowest BCUT2D eigenvalue weighted by molar-refractivity contribution is -0.111. The summed E-state index contributed by atoms with van der Waals surface area (Å²) in [7, 11) is 1.60. The largest absolute Gasteiger partial charge is 0.497 e. The highest BCUT2D eigenvalue weighted by Gasteiger charge is 2.21. The average Bonchev–Trinajstić information content (AvgIpc) is 2.73. The number of rotatable bonds is 5. The van der Waals surface area contributed by atoms with Gasteiger partial charge in [0, 0.05) is 19.2 Å². The zero-order valence-electron chi connectivity index (χ0n) is 15.2. The van der Waals surface area contributed by atoms with Gasteiger partial charge < -0.3 is 19.7 Å². The molecule has 0 unspecified atom stereocenters. The third-order valence-electron chi connectivity index (χ3n) is 4.23. The number of hydrogen-bond acceptors (Lipinski definition) is 4. The Balaban J connectivity index is 1.70. The lowest BCUT2D eigenvalue weighted by Gasteiger charge is -2.27. The molecule has 2 aromatic carbocycles. The number of hydrogen-bond donors (Lipinski definition) is 1. The number of morpholine rings is 1. The predicted octanol–water partition coefficient (Wildman–Crippen LogP) is 2.82. The molecule has 1 saturated heterocycles. The van der Waals surface area contributed by atoms with Crippen LogP contribution in [0.15, 0.2) is 54.6 Å². The number of anilines is 1. The van der Waals surface area contributed by atoms with E-state index in [1.54, 1.807) is 42.4 Å². The first-order chi connectivity index (χ1) is 13.2. The van der Waals surface area contributed by atoms with Crippen molar-refractivity contribution in [3.8, 4) is 5.75 Å². The lowest BCUT2D eigenvalue weighted by atomic mass is 10.1. The molecule has 0 saturated carbocycles. The van der Waals surface area contributed by atoms with Crippen LogP contribution in [0.5, 0.6) is 5.75 Å². The number of carbonyl (C=O) groups excluding carboxylic acids is 2. The Morgan fingerprint density at radius 2 is 1.89 bits per heavy atom. The molecule has 2 aromatic rings. The van der Waals surface area contributed by atoms with Gasteiger partial charge in [0.05, 0.1) is 31.6 Å². The summed E-state index contributed by atoms with van der Waals surface area (Å²) in [5.41, 5.74) is 1.82. The fourth-order valence-electron chi connectivity index (χ4n) is 2.81. The van der Waals surface area contributed by atoms with Crippen LogP contribution in [0.2, 0.25) is 0 Å². The summed E-state index contributed by atoms with van der Waals surface area (Å²) in [5, 5.41) is 2.79. The highest BCUT2D eigenvalue weighted by Crippen LogP contribution is 2.19. The van der Waals surface area contributed by atoms with Gasteiger partial charge in [0.1, 0.15) is 5.75 Å². The van der Waals surface area contributed by atoms with Crippen molar-refractivity contribution in [1.82, 2.24) is 4.90 Å². The average molecular weight is 366 g/mol.